The van der Waals surface area contributed by atoms with E-state index in [4.69, 9.17) is 5.73 Å². The fourth-order valence-electron chi connectivity index (χ4n) is 2.15. The zero-order valence-electron chi connectivity index (χ0n) is 12.6. The minimum atomic E-state index is 0.137. The van der Waals surface area contributed by atoms with Crippen molar-refractivity contribution in [3.63, 3.8) is 0 Å². The number of hydrogen-bond acceptors (Lipinski definition) is 2. The van der Waals surface area contributed by atoms with Gasteiger partial charge in [0.15, 0.2) is 0 Å². The van der Waals surface area contributed by atoms with E-state index in [9.17, 15) is 0 Å². The molecule has 106 valence electrons. The summed E-state index contributed by atoms with van der Waals surface area (Å²) < 4.78 is 0. The highest BCUT2D eigenvalue weighted by Crippen LogP contribution is 2.14. The molecule has 1 rings (SSSR count). The average molecular weight is 260 g/mol. The van der Waals surface area contributed by atoms with Crippen LogP contribution in [0.3, 0.4) is 0 Å². The molecule has 0 fully saturated rings. The van der Waals surface area contributed by atoms with Crippen LogP contribution in [0.1, 0.15) is 32.8 Å². The Hall–Kier alpha value is -1.12. The lowest BCUT2D eigenvalue weighted by molar-refractivity contribution is 0.143. The van der Waals surface area contributed by atoms with Gasteiger partial charge in [-0.2, -0.15) is 0 Å². The highest BCUT2D eigenvalue weighted by molar-refractivity contribution is 5.14. The maximum absolute atomic E-state index is 6.27. The zero-order chi connectivity index (χ0) is 14.3. The van der Waals surface area contributed by atoms with Gasteiger partial charge in [-0.1, -0.05) is 36.4 Å². The van der Waals surface area contributed by atoms with Crippen molar-refractivity contribution in [3.05, 3.63) is 48.6 Å². The van der Waals surface area contributed by atoms with Gasteiger partial charge in [0.25, 0.3) is 0 Å². The van der Waals surface area contributed by atoms with Crippen molar-refractivity contribution >= 4 is 0 Å². The molecule has 0 aliphatic carbocycles. The van der Waals surface area contributed by atoms with Crippen LogP contribution < -0.4 is 5.73 Å². The van der Waals surface area contributed by atoms with Crippen molar-refractivity contribution in [2.24, 2.45) is 5.73 Å². The molecule has 2 N–H and O–H groups in total. The van der Waals surface area contributed by atoms with Gasteiger partial charge in [0.1, 0.15) is 0 Å². The third-order valence-corrected chi connectivity index (χ3v) is 3.40. The van der Waals surface area contributed by atoms with Gasteiger partial charge in [0.2, 0.25) is 0 Å². The summed E-state index contributed by atoms with van der Waals surface area (Å²) in [6.45, 7) is 12.3. The van der Waals surface area contributed by atoms with Gasteiger partial charge in [-0.15, -0.1) is 6.58 Å². The summed E-state index contributed by atoms with van der Waals surface area (Å²) in [5, 5.41) is 0. The fraction of sp³-hybridized carbons (Fsp3) is 0.529. The molecular formula is C17H28N2. The summed E-state index contributed by atoms with van der Waals surface area (Å²) in [5.41, 5.74) is 7.78. The normalized spacial score (nSPS) is 13.5. The van der Waals surface area contributed by atoms with Crippen LogP contribution in [0.15, 0.2) is 43.0 Å². The molecular weight excluding hydrogens is 232 g/mol. The van der Waals surface area contributed by atoms with E-state index in [1.54, 1.807) is 0 Å². The van der Waals surface area contributed by atoms with Crippen molar-refractivity contribution in [3.8, 4) is 0 Å². The van der Waals surface area contributed by atoms with Gasteiger partial charge >= 0.3 is 0 Å². The highest BCUT2D eigenvalue weighted by Gasteiger charge is 2.21. The Balaban J connectivity index is 2.44. The SMILES string of the molecule is C=CCN(CC(N)CCc1ccccc1)C(C)(C)C. The standard InChI is InChI=1S/C17H28N2/c1-5-13-19(17(2,3)4)14-16(18)12-11-15-9-7-6-8-10-15/h5-10,16H,1,11-14,18H2,2-4H3. The molecule has 0 aromatic heterocycles. The number of aryl methyl sites for hydroxylation is 1. The van der Waals surface area contributed by atoms with Crippen molar-refractivity contribution in [1.29, 1.82) is 0 Å². The second-order valence-corrected chi connectivity index (χ2v) is 6.15. The third-order valence-electron chi connectivity index (χ3n) is 3.40. The predicted octanol–water partition coefficient (Wildman–Crippen LogP) is 3.23. The molecule has 1 atom stereocenters. The Kier molecular flexibility index (Phi) is 6.26. The molecule has 0 spiro atoms. The molecule has 0 amide bonds. The third kappa shape index (κ3) is 6.04. The summed E-state index contributed by atoms with van der Waals surface area (Å²) in [5.74, 6) is 0. The number of nitrogens with two attached hydrogens (primary N) is 1. The molecule has 1 unspecified atom stereocenters. The quantitative estimate of drug-likeness (QED) is 0.763. The van der Waals surface area contributed by atoms with E-state index in [0.717, 1.165) is 25.9 Å². The van der Waals surface area contributed by atoms with Crippen LogP contribution in [0.5, 0.6) is 0 Å². The monoisotopic (exact) mass is 260 g/mol. The molecule has 0 heterocycles. The topological polar surface area (TPSA) is 29.3 Å². The molecule has 1 aromatic carbocycles. The van der Waals surface area contributed by atoms with Crippen molar-refractivity contribution in [2.45, 2.75) is 45.2 Å². The second kappa shape index (κ2) is 7.46. The summed E-state index contributed by atoms with van der Waals surface area (Å²) in [7, 11) is 0. The molecule has 2 heteroatoms. The largest absolute Gasteiger partial charge is 0.327 e. The maximum atomic E-state index is 6.27. The predicted molar refractivity (Wildman–Crippen MR) is 84.3 cm³/mol. The Bertz CT molecular complexity index is 365. The van der Waals surface area contributed by atoms with Crippen LogP contribution in [-0.4, -0.2) is 29.6 Å². The minimum absolute atomic E-state index is 0.137. The highest BCUT2D eigenvalue weighted by atomic mass is 15.2. The molecule has 0 aliphatic heterocycles. The smallest absolute Gasteiger partial charge is 0.0171 e. The summed E-state index contributed by atoms with van der Waals surface area (Å²) in [6, 6.07) is 10.8. The first-order valence-corrected chi connectivity index (χ1v) is 7.09. The lowest BCUT2D eigenvalue weighted by Crippen LogP contribution is -2.47. The van der Waals surface area contributed by atoms with Crippen LogP contribution in [0, 0.1) is 0 Å². The van der Waals surface area contributed by atoms with E-state index >= 15 is 0 Å². The minimum Gasteiger partial charge on any atom is -0.327 e. The molecule has 19 heavy (non-hydrogen) atoms. The van der Waals surface area contributed by atoms with Gasteiger partial charge < -0.3 is 5.73 Å². The Labute approximate surface area is 118 Å². The molecule has 0 aliphatic rings. The summed E-state index contributed by atoms with van der Waals surface area (Å²) in [6.07, 6.45) is 4.02. The van der Waals surface area contributed by atoms with E-state index < -0.39 is 0 Å². The van der Waals surface area contributed by atoms with Crippen molar-refractivity contribution in [2.75, 3.05) is 13.1 Å². The Morgan fingerprint density at radius 3 is 2.42 bits per heavy atom. The van der Waals surface area contributed by atoms with Gasteiger partial charge in [-0.05, 0) is 39.2 Å². The van der Waals surface area contributed by atoms with E-state index in [1.165, 1.54) is 5.56 Å². The molecule has 2 nitrogen and oxygen atoms in total. The number of benzene rings is 1. The average Bonchev–Trinajstić information content (AvgIpc) is 2.36. The van der Waals surface area contributed by atoms with E-state index in [0.29, 0.717) is 0 Å². The molecule has 0 saturated carbocycles. The summed E-state index contributed by atoms with van der Waals surface area (Å²) in [4.78, 5) is 2.38. The second-order valence-electron chi connectivity index (χ2n) is 6.15. The number of nitrogens with zero attached hydrogens (tertiary/aromatic N) is 1. The first kappa shape index (κ1) is 15.9. The lowest BCUT2D eigenvalue weighted by atomic mass is 10.0. The maximum Gasteiger partial charge on any atom is 0.0171 e. The van der Waals surface area contributed by atoms with E-state index in [2.05, 4.69) is 62.6 Å². The molecule has 1 aromatic rings. The van der Waals surface area contributed by atoms with Crippen LogP contribution in [-0.2, 0) is 6.42 Å². The number of hydrogen-bond donors (Lipinski definition) is 1. The van der Waals surface area contributed by atoms with Crippen molar-refractivity contribution < 1.29 is 0 Å². The number of rotatable bonds is 7. The van der Waals surface area contributed by atoms with Crippen molar-refractivity contribution in [1.82, 2.24) is 4.90 Å². The van der Waals surface area contributed by atoms with Gasteiger partial charge in [0, 0.05) is 24.7 Å². The zero-order valence-corrected chi connectivity index (χ0v) is 12.6. The first-order valence-electron chi connectivity index (χ1n) is 7.09. The van der Waals surface area contributed by atoms with Crippen LogP contribution in [0.4, 0.5) is 0 Å². The Morgan fingerprint density at radius 2 is 1.89 bits per heavy atom. The van der Waals surface area contributed by atoms with Crippen LogP contribution in [0.25, 0.3) is 0 Å². The Morgan fingerprint density at radius 1 is 1.26 bits per heavy atom. The van der Waals surface area contributed by atoms with Gasteiger partial charge in [0.05, 0.1) is 0 Å². The molecule has 0 saturated heterocycles. The van der Waals surface area contributed by atoms with Gasteiger partial charge in [-0.3, -0.25) is 4.90 Å². The lowest BCUT2D eigenvalue weighted by Gasteiger charge is -2.36. The molecule has 0 bridgehead atoms. The molecule has 0 radical (unpaired) electrons. The van der Waals surface area contributed by atoms with Gasteiger partial charge in [-0.25, -0.2) is 0 Å². The summed E-state index contributed by atoms with van der Waals surface area (Å²) >= 11 is 0. The van der Waals surface area contributed by atoms with E-state index in [1.807, 2.05) is 6.08 Å². The van der Waals surface area contributed by atoms with Crippen LogP contribution >= 0.6 is 0 Å². The van der Waals surface area contributed by atoms with Crippen LogP contribution in [0.2, 0.25) is 0 Å². The fourth-order valence-corrected chi connectivity index (χ4v) is 2.15. The first-order chi connectivity index (χ1) is 8.93. The van der Waals surface area contributed by atoms with E-state index in [-0.39, 0.29) is 11.6 Å².